The third kappa shape index (κ3) is 23.6. The van der Waals surface area contributed by atoms with Crippen molar-refractivity contribution in [2.24, 2.45) is 0 Å². The molecule has 1 N–H and O–H groups in total. The standard InChI is InChI=1S/C38H67O5/c1-4-7-10-13-16-17-18-21-24-34-29-35(32-39)31-36(30-34)33-43-37(40)25-26-38(41-27-22-19-14-11-8-5-2)42-28-23-20-15-12-9-6-3/h4,29-31,38-39H,5-28,32-33H2,1-3H3. The molecule has 0 bridgehead atoms. The van der Waals surface area contributed by atoms with Crippen LogP contribution in [0.15, 0.2) is 18.2 Å². The molecular weight excluding hydrogens is 536 g/mol. The van der Waals surface area contributed by atoms with Gasteiger partial charge >= 0.3 is 5.97 Å². The molecule has 0 aliphatic heterocycles. The minimum absolute atomic E-state index is 0.00318. The Kier molecular flexibility index (Phi) is 27.0. The lowest BCUT2D eigenvalue weighted by atomic mass is 10.0. The molecule has 0 fully saturated rings. The number of carbonyl (C=O) groups is 1. The lowest BCUT2D eigenvalue weighted by Crippen LogP contribution is -2.21. The van der Waals surface area contributed by atoms with Crippen LogP contribution in [0.3, 0.4) is 0 Å². The largest absolute Gasteiger partial charge is 0.461 e. The molecule has 249 valence electrons. The van der Waals surface area contributed by atoms with Crippen molar-refractivity contribution < 1.29 is 24.1 Å². The first-order valence-electron chi connectivity index (χ1n) is 18.0. The molecule has 0 unspecified atom stereocenters. The summed E-state index contributed by atoms with van der Waals surface area (Å²) in [6.07, 6.45) is 27.1. The summed E-state index contributed by atoms with van der Waals surface area (Å²) in [6.45, 7) is 8.19. The maximum absolute atomic E-state index is 12.7. The summed E-state index contributed by atoms with van der Waals surface area (Å²) in [5.74, 6) is -0.229. The molecule has 1 aromatic rings. The topological polar surface area (TPSA) is 65.0 Å². The molecule has 0 aliphatic carbocycles. The minimum atomic E-state index is -0.354. The van der Waals surface area contributed by atoms with Crippen molar-refractivity contribution >= 4 is 5.97 Å². The number of rotatable bonds is 31. The van der Waals surface area contributed by atoms with Crippen molar-refractivity contribution in [1.29, 1.82) is 0 Å². The van der Waals surface area contributed by atoms with Crippen LogP contribution in [0.2, 0.25) is 0 Å². The van der Waals surface area contributed by atoms with E-state index < -0.39 is 0 Å². The van der Waals surface area contributed by atoms with Gasteiger partial charge in [0.1, 0.15) is 6.61 Å². The van der Waals surface area contributed by atoms with Crippen molar-refractivity contribution in [3.63, 3.8) is 0 Å². The normalized spacial score (nSPS) is 11.5. The molecule has 0 aromatic heterocycles. The predicted molar refractivity (Wildman–Crippen MR) is 180 cm³/mol. The number of benzene rings is 1. The van der Waals surface area contributed by atoms with Gasteiger partial charge in [0.2, 0.25) is 0 Å². The summed E-state index contributed by atoms with van der Waals surface area (Å²) in [6, 6.07) is 6.15. The molecule has 0 saturated carbocycles. The summed E-state index contributed by atoms with van der Waals surface area (Å²) in [4.78, 5) is 12.7. The average Bonchev–Trinajstić information content (AvgIpc) is 3.02. The molecule has 1 rings (SSSR count). The van der Waals surface area contributed by atoms with Gasteiger partial charge < -0.3 is 19.3 Å². The predicted octanol–water partition coefficient (Wildman–Crippen LogP) is 10.6. The van der Waals surface area contributed by atoms with E-state index in [1.165, 1.54) is 108 Å². The molecule has 1 radical (unpaired) electrons. The summed E-state index contributed by atoms with van der Waals surface area (Å²) in [5, 5.41) is 9.77. The molecule has 1 aromatic carbocycles. The number of aliphatic hydroxyl groups is 1. The highest BCUT2D eigenvalue weighted by molar-refractivity contribution is 5.69. The number of carbonyl (C=O) groups excluding carboxylic acids is 1. The second-order valence-electron chi connectivity index (χ2n) is 12.3. The van der Waals surface area contributed by atoms with E-state index in [2.05, 4.69) is 39.3 Å². The van der Waals surface area contributed by atoms with E-state index in [-0.39, 0.29) is 31.9 Å². The van der Waals surface area contributed by atoms with Gasteiger partial charge in [-0.25, -0.2) is 0 Å². The minimum Gasteiger partial charge on any atom is -0.461 e. The van der Waals surface area contributed by atoms with Crippen LogP contribution in [0.25, 0.3) is 0 Å². The SMILES string of the molecule is C[CH]CCCCCCCCc1cc(CO)cc(COC(=O)CCC(OCCCCCCCC)OCCCCCCCC)c1. The van der Waals surface area contributed by atoms with E-state index in [9.17, 15) is 9.90 Å². The molecular formula is C38H67O5. The van der Waals surface area contributed by atoms with Crippen LogP contribution in [-0.2, 0) is 38.6 Å². The van der Waals surface area contributed by atoms with E-state index in [0.29, 0.717) is 19.6 Å². The Balaban J connectivity index is 2.44. The van der Waals surface area contributed by atoms with Crippen LogP contribution in [0.5, 0.6) is 0 Å². The maximum Gasteiger partial charge on any atom is 0.306 e. The van der Waals surface area contributed by atoms with E-state index in [1.807, 2.05) is 6.07 Å². The summed E-state index contributed by atoms with van der Waals surface area (Å²) < 4.78 is 17.8. The van der Waals surface area contributed by atoms with Crippen LogP contribution < -0.4 is 0 Å². The first-order chi connectivity index (χ1) is 21.1. The second kappa shape index (κ2) is 29.3. The van der Waals surface area contributed by atoms with Crippen molar-refractivity contribution in [2.75, 3.05) is 13.2 Å². The van der Waals surface area contributed by atoms with Crippen molar-refractivity contribution in [2.45, 2.75) is 182 Å². The highest BCUT2D eigenvalue weighted by Gasteiger charge is 2.14. The van der Waals surface area contributed by atoms with Crippen LogP contribution >= 0.6 is 0 Å². The highest BCUT2D eigenvalue weighted by atomic mass is 16.7. The lowest BCUT2D eigenvalue weighted by Gasteiger charge is -2.19. The smallest absolute Gasteiger partial charge is 0.306 e. The molecule has 5 nitrogen and oxygen atoms in total. The molecule has 43 heavy (non-hydrogen) atoms. The Bertz CT molecular complexity index is 747. The molecule has 0 saturated heterocycles. The van der Waals surface area contributed by atoms with Gasteiger partial charge in [-0.05, 0) is 48.8 Å². The van der Waals surface area contributed by atoms with Gasteiger partial charge in [-0.2, -0.15) is 0 Å². The Morgan fingerprint density at radius 1 is 0.698 bits per heavy atom. The molecule has 5 heteroatoms. The van der Waals surface area contributed by atoms with Crippen molar-refractivity contribution in [3.8, 4) is 0 Å². The number of unbranched alkanes of at least 4 members (excludes halogenated alkanes) is 17. The zero-order chi connectivity index (χ0) is 31.2. The Morgan fingerprint density at radius 2 is 1.21 bits per heavy atom. The molecule has 0 spiro atoms. The lowest BCUT2D eigenvalue weighted by molar-refractivity contribution is -0.160. The third-order valence-electron chi connectivity index (χ3n) is 8.09. The third-order valence-corrected chi connectivity index (χ3v) is 8.09. The van der Waals surface area contributed by atoms with Gasteiger partial charge in [0.25, 0.3) is 0 Å². The van der Waals surface area contributed by atoms with Gasteiger partial charge in [0, 0.05) is 19.6 Å². The van der Waals surface area contributed by atoms with E-state index in [0.717, 1.165) is 36.8 Å². The van der Waals surface area contributed by atoms with E-state index in [4.69, 9.17) is 14.2 Å². The van der Waals surface area contributed by atoms with Gasteiger partial charge in [-0.15, -0.1) is 0 Å². The fourth-order valence-electron chi connectivity index (χ4n) is 5.42. The maximum atomic E-state index is 12.7. The number of aryl methyl sites for hydroxylation is 1. The number of esters is 1. The highest BCUT2D eigenvalue weighted by Crippen LogP contribution is 2.17. The second-order valence-corrected chi connectivity index (χ2v) is 12.3. The Labute approximate surface area is 265 Å². The van der Waals surface area contributed by atoms with Crippen LogP contribution in [-0.4, -0.2) is 30.6 Å². The van der Waals surface area contributed by atoms with Gasteiger partial charge in [0.15, 0.2) is 6.29 Å². The zero-order valence-electron chi connectivity index (χ0n) is 28.4. The fraction of sp³-hybridized carbons (Fsp3) is 0.789. The Morgan fingerprint density at radius 3 is 1.79 bits per heavy atom. The van der Waals surface area contributed by atoms with Crippen molar-refractivity contribution in [1.82, 2.24) is 0 Å². The fourth-order valence-corrected chi connectivity index (χ4v) is 5.42. The van der Waals surface area contributed by atoms with Crippen LogP contribution in [0.4, 0.5) is 0 Å². The van der Waals surface area contributed by atoms with E-state index >= 15 is 0 Å². The van der Waals surface area contributed by atoms with Gasteiger partial charge in [-0.1, -0.05) is 142 Å². The van der Waals surface area contributed by atoms with Crippen LogP contribution in [0.1, 0.15) is 172 Å². The van der Waals surface area contributed by atoms with Gasteiger partial charge in [-0.3, -0.25) is 4.79 Å². The Hall–Kier alpha value is -1.43. The molecule has 0 aliphatic rings. The summed E-state index contributed by atoms with van der Waals surface area (Å²) in [5.41, 5.74) is 3.04. The number of hydrogen-bond acceptors (Lipinski definition) is 5. The summed E-state index contributed by atoms with van der Waals surface area (Å²) >= 11 is 0. The summed E-state index contributed by atoms with van der Waals surface area (Å²) in [7, 11) is 0. The number of ether oxygens (including phenoxy) is 3. The average molecular weight is 604 g/mol. The zero-order valence-corrected chi connectivity index (χ0v) is 28.4. The quantitative estimate of drug-likeness (QED) is 0.0519. The molecule has 0 atom stereocenters. The van der Waals surface area contributed by atoms with Crippen LogP contribution in [0, 0.1) is 6.42 Å². The van der Waals surface area contributed by atoms with Crippen molar-refractivity contribution in [3.05, 3.63) is 41.3 Å². The molecule has 0 amide bonds. The first-order valence-corrected chi connectivity index (χ1v) is 18.0. The molecule has 0 heterocycles. The monoisotopic (exact) mass is 603 g/mol. The van der Waals surface area contributed by atoms with Gasteiger partial charge in [0.05, 0.1) is 13.0 Å². The number of hydrogen-bond donors (Lipinski definition) is 1. The van der Waals surface area contributed by atoms with E-state index in [1.54, 1.807) is 0 Å². The number of aliphatic hydroxyl groups excluding tert-OH is 1. The first kappa shape index (κ1) is 39.6.